The number of alkyl carbamates (subject to hydrolysis) is 1. The van der Waals surface area contributed by atoms with Crippen LogP contribution >= 0.6 is 0 Å². The fourth-order valence-corrected chi connectivity index (χ4v) is 1.78. The third-order valence-electron chi connectivity index (χ3n) is 2.64. The van der Waals surface area contributed by atoms with Gasteiger partial charge in [-0.15, -0.1) is 0 Å². The number of anilines is 2. The van der Waals surface area contributed by atoms with Crippen LogP contribution in [0, 0.1) is 5.82 Å². The van der Waals surface area contributed by atoms with Gasteiger partial charge in [-0.25, -0.2) is 9.18 Å². The van der Waals surface area contributed by atoms with Gasteiger partial charge in [0.1, 0.15) is 11.4 Å². The minimum Gasteiger partial charge on any atom is -0.444 e. The van der Waals surface area contributed by atoms with Crippen molar-refractivity contribution in [3.05, 3.63) is 24.0 Å². The normalized spacial score (nSPS) is 12.3. The monoisotopic (exact) mass is 325 g/mol. The van der Waals surface area contributed by atoms with Gasteiger partial charge in [0.05, 0.1) is 5.69 Å². The predicted octanol–water partition coefficient (Wildman–Crippen LogP) is 3.11. The molecule has 0 spiro atoms. The van der Waals surface area contributed by atoms with Crippen molar-refractivity contribution in [1.29, 1.82) is 0 Å². The van der Waals surface area contributed by atoms with Crippen LogP contribution < -0.4 is 16.0 Å². The van der Waals surface area contributed by atoms with Gasteiger partial charge < -0.3 is 20.7 Å². The molecular weight excluding hydrogens is 301 g/mol. The number of benzene rings is 1. The summed E-state index contributed by atoms with van der Waals surface area (Å²) in [6.45, 7) is 8.76. The predicted molar refractivity (Wildman–Crippen MR) is 88.0 cm³/mol. The highest BCUT2D eigenvalue weighted by Gasteiger charge is 2.16. The molecule has 23 heavy (non-hydrogen) atoms. The summed E-state index contributed by atoms with van der Waals surface area (Å²) in [5.41, 5.74) is 0.169. The molecule has 1 unspecified atom stereocenters. The summed E-state index contributed by atoms with van der Waals surface area (Å²) in [6, 6.07) is 4.01. The van der Waals surface area contributed by atoms with E-state index in [0.717, 1.165) is 0 Å². The molecule has 128 valence electrons. The molecule has 6 nitrogen and oxygen atoms in total. The molecule has 0 heterocycles. The zero-order valence-electron chi connectivity index (χ0n) is 14.1. The second-order valence-electron chi connectivity index (χ2n) is 6.30. The van der Waals surface area contributed by atoms with Crippen molar-refractivity contribution in [1.82, 2.24) is 5.32 Å². The fourth-order valence-electron chi connectivity index (χ4n) is 1.78. The highest BCUT2D eigenvalue weighted by molar-refractivity contribution is 5.89. The van der Waals surface area contributed by atoms with E-state index in [-0.39, 0.29) is 24.2 Å². The second-order valence-corrected chi connectivity index (χ2v) is 6.30. The number of hydrogen-bond acceptors (Lipinski definition) is 4. The lowest BCUT2D eigenvalue weighted by Crippen LogP contribution is -2.38. The lowest BCUT2D eigenvalue weighted by atomic mass is 10.2. The van der Waals surface area contributed by atoms with Crippen LogP contribution in [-0.4, -0.2) is 30.2 Å². The summed E-state index contributed by atoms with van der Waals surface area (Å²) < 4.78 is 18.9. The molecule has 1 atom stereocenters. The van der Waals surface area contributed by atoms with Crippen molar-refractivity contribution in [3.63, 3.8) is 0 Å². The molecule has 0 aliphatic carbocycles. The molecule has 0 saturated heterocycles. The molecule has 0 radical (unpaired) electrons. The van der Waals surface area contributed by atoms with Crippen LogP contribution in [0.1, 0.15) is 34.6 Å². The topological polar surface area (TPSA) is 79.5 Å². The molecule has 0 aliphatic rings. The number of hydrogen-bond donors (Lipinski definition) is 3. The van der Waals surface area contributed by atoms with E-state index in [1.165, 1.54) is 25.1 Å². The minimum atomic E-state index is -0.570. The van der Waals surface area contributed by atoms with Crippen LogP contribution in [0.25, 0.3) is 0 Å². The molecule has 0 saturated carbocycles. The summed E-state index contributed by atoms with van der Waals surface area (Å²) in [7, 11) is 0. The Labute approximate surface area is 135 Å². The van der Waals surface area contributed by atoms with E-state index in [4.69, 9.17) is 4.74 Å². The maximum absolute atomic E-state index is 13.8. The maximum Gasteiger partial charge on any atom is 0.407 e. The SMILES string of the molecule is CC(=O)Nc1ccc(F)c(NC(C)CNC(=O)OC(C)(C)C)c1. The number of halogens is 1. The Bertz CT molecular complexity index is 570. The van der Waals surface area contributed by atoms with Gasteiger partial charge >= 0.3 is 6.09 Å². The summed E-state index contributed by atoms with van der Waals surface area (Å²) in [4.78, 5) is 22.6. The van der Waals surface area contributed by atoms with E-state index in [1.807, 2.05) is 0 Å². The average molecular weight is 325 g/mol. The van der Waals surface area contributed by atoms with Gasteiger partial charge in [-0.3, -0.25) is 4.79 Å². The smallest absolute Gasteiger partial charge is 0.407 e. The standard InChI is InChI=1S/C16H24FN3O3/c1-10(9-18-15(22)23-16(3,4)5)19-14-8-12(20-11(2)21)6-7-13(14)17/h6-8,10,19H,9H2,1-5H3,(H,18,22)(H,20,21). The molecule has 1 aromatic rings. The van der Waals surface area contributed by atoms with Gasteiger partial charge in [0.15, 0.2) is 0 Å². The molecular formula is C16H24FN3O3. The summed E-state index contributed by atoms with van der Waals surface area (Å²) in [5.74, 6) is -0.676. The van der Waals surface area contributed by atoms with Gasteiger partial charge in [-0.05, 0) is 45.9 Å². The fraction of sp³-hybridized carbons (Fsp3) is 0.500. The van der Waals surface area contributed by atoms with Crippen LogP contribution in [0.5, 0.6) is 0 Å². The Kier molecular flexibility index (Phi) is 6.36. The summed E-state index contributed by atoms with van der Waals surface area (Å²) in [5, 5.41) is 8.14. The second kappa shape index (κ2) is 7.80. The molecule has 2 amide bonds. The Morgan fingerprint density at radius 3 is 2.52 bits per heavy atom. The average Bonchev–Trinajstić information content (AvgIpc) is 2.38. The molecule has 1 rings (SSSR count). The van der Waals surface area contributed by atoms with Crippen LogP contribution in [0.2, 0.25) is 0 Å². The third kappa shape index (κ3) is 7.49. The van der Waals surface area contributed by atoms with Gasteiger partial charge in [0.2, 0.25) is 5.91 Å². The summed E-state index contributed by atoms with van der Waals surface area (Å²) in [6.07, 6.45) is -0.529. The number of amides is 2. The van der Waals surface area contributed by atoms with Gasteiger partial charge in [0.25, 0.3) is 0 Å². The Balaban J connectivity index is 2.58. The van der Waals surface area contributed by atoms with Crippen molar-refractivity contribution in [2.75, 3.05) is 17.2 Å². The van der Waals surface area contributed by atoms with E-state index >= 15 is 0 Å². The quantitative estimate of drug-likeness (QED) is 0.777. The number of ether oxygens (including phenoxy) is 1. The highest BCUT2D eigenvalue weighted by Crippen LogP contribution is 2.20. The van der Waals surface area contributed by atoms with Gasteiger partial charge in [-0.2, -0.15) is 0 Å². The van der Waals surface area contributed by atoms with Crippen molar-refractivity contribution in [3.8, 4) is 0 Å². The van der Waals surface area contributed by atoms with Crippen LogP contribution in [0.15, 0.2) is 18.2 Å². The third-order valence-corrected chi connectivity index (χ3v) is 2.64. The van der Waals surface area contributed by atoms with Gasteiger partial charge in [-0.1, -0.05) is 0 Å². The zero-order chi connectivity index (χ0) is 17.6. The van der Waals surface area contributed by atoms with Crippen molar-refractivity contribution in [2.24, 2.45) is 0 Å². The van der Waals surface area contributed by atoms with Crippen molar-refractivity contribution >= 4 is 23.4 Å². The molecule has 0 bridgehead atoms. The first-order valence-electron chi connectivity index (χ1n) is 7.37. The van der Waals surface area contributed by atoms with E-state index in [0.29, 0.717) is 5.69 Å². The first-order chi connectivity index (χ1) is 10.6. The number of carbonyl (C=O) groups is 2. The van der Waals surface area contributed by atoms with E-state index in [9.17, 15) is 14.0 Å². The molecule has 1 aromatic carbocycles. The van der Waals surface area contributed by atoms with Gasteiger partial charge in [0, 0.05) is 25.2 Å². The van der Waals surface area contributed by atoms with Crippen LogP contribution in [-0.2, 0) is 9.53 Å². The summed E-state index contributed by atoms with van der Waals surface area (Å²) >= 11 is 0. The number of nitrogens with one attached hydrogen (secondary N) is 3. The lowest BCUT2D eigenvalue weighted by molar-refractivity contribution is -0.114. The Hall–Kier alpha value is -2.31. The van der Waals surface area contributed by atoms with Crippen LogP contribution in [0.3, 0.4) is 0 Å². The Morgan fingerprint density at radius 1 is 1.30 bits per heavy atom. The van der Waals surface area contributed by atoms with Crippen molar-refractivity contribution < 1.29 is 18.7 Å². The zero-order valence-corrected chi connectivity index (χ0v) is 14.1. The van der Waals surface area contributed by atoms with Crippen molar-refractivity contribution in [2.45, 2.75) is 46.3 Å². The largest absolute Gasteiger partial charge is 0.444 e. The number of rotatable bonds is 5. The molecule has 0 aromatic heterocycles. The van der Waals surface area contributed by atoms with E-state index in [1.54, 1.807) is 27.7 Å². The maximum atomic E-state index is 13.8. The molecule has 7 heteroatoms. The van der Waals surface area contributed by atoms with E-state index < -0.39 is 17.5 Å². The molecule has 3 N–H and O–H groups in total. The first kappa shape index (κ1) is 18.7. The van der Waals surface area contributed by atoms with E-state index in [2.05, 4.69) is 16.0 Å². The lowest BCUT2D eigenvalue weighted by Gasteiger charge is -2.21. The number of carbonyl (C=O) groups excluding carboxylic acids is 2. The Morgan fingerprint density at radius 2 is 1.96 bits per heavy atom. The van der Waals surface area contributed by atoms with Crippen LogP contribution in [0.4, 0.5) is 20.6 Å². The minimum absolute atomic E-state index is 0.232. The highest BCUT2D eigenvalue weighted by atomic mass is 19.1. The molecule has 0 fully saturated rings. The molecule has 0 aliphatic heterocycles. The first-order valence-corrected chi connectivity index (χ1v) is 7.37.